The summed E-state index contributed by atoms with van der Waals surface area (Å²) in [5, 5.41) is 10.1. The zero-order chi connectivity index (χ0) is 13.8. The first-order valence-electron chi connectivity index (χ1n) is 7.24. The number of aliphatic hydroxyl groups excluding tert-OH is 1. The Bertz CT molecular complexity index is 531. The number of benzene rings is 1. The fraction of sp³-hybridized carbons (Fsp3) is 0.562. The fourth-order valence-electron chi connectivity index (χ4n) is 2.47. The van der Waals surface area contributed by atoms with E-state index < -0.39 is 0 Å². The molecule has 0 saturated carbocycles. The Kier molecular flexibility index (Phi) is 4.59. The minimum Gasteiger partial charge on any atom is -0.393 e. The average Bonchev–Trinajstić information content (AvgIpc) is 2.73. The lowest BCUT2D eigenvalue weighted by atomic mass is 10.0. The smallest absolute Gasteiger partial charge is 0.112 e. The number of fused-ring (bicyclic) bond motifs is 1. The summed E-state index contributed by atoms with van der Waals surface area (Å²) in [6, 6.07) is 8.17. The average molecular weight is 260 g/mol. The van der Waals surface area contributed by atoms with Gasteiger partial charge in [-0.1, -0.05) is 26.0 Å². The molecule has 0 bridgehead atoms. The molecule has 0 spiro atoms. The molecule has 2 aromatic rings. The first kappa shape index (κ1) is 14.1. The van der Waals surface area contributed by atoms with Crippen LogP contribution in [0.5, 0.6) is 0 Å². The zero-order valence-electron chi connectivity index (χ0n) is 12.1. The van der Waals surface area contributed by atoms with Gasteiger partial charge in [0.2, 0.25) is 0 Å². The Balaban J connectivity index is 2.15. The summed E-state index contributed by atoms with van der Waals surface area (Å²) < 4.78 is 2.20. The predicted octanol–water partition coefficient (Wildman–Crippen LogP) is 3.40. The van der Waals surface area contributed by atoms with Gasteiger partial charge < -0.3 is 9.67 Å². The number of nitrogens with zero attached hydrogens (tertiary/aromatic N) is 2. The molecule has 0 aliphatic rings. The van der Waals surface area contributed by atoms with Crippen LogP contribution in [0.3, 0.4) is 0 Å². The molecule has 0 aliphatic carbocycles. The van der Waals surface area contributed by atoms with E-state index >= 15 is 0 Å². The Labute approximate surface area is 115 Å². The molecular weight excluding hydrogens is 236 g/mol. The van der Waals surface area contributed by atoms with Crippen LogP contribution in [0, 0.1) is 5.92 Å². The van der Waals surface area contributed by atoms with Gasteiger partial charge in [0, 0.05) is 13.0 Å². The van der Waals surface area contributed by atoms with Crippen LogP contribution in [-0.4, -0.2) is 20.8 Å². The van der Waals surface area contributed by atoms with Crippen LogP contribution in [0.15, 0.2) is 24.3 Å². The van der Waals surface area contributed by atoms with E-state index in [4.69, 9.17) is 0 Å². The number of para-hydroxylation sites is 2. The summed E-state index contributed by atoms with van der Waals surface area (Å²) in [5.74, 6) is 1.64. The molecule has 1 aromatic carbocycles. The van der Waals surface area contributed by atoms with Crippen molar-refractivity contribution in [3.63, 3.8) is 0 Å². The highest BCUT2D eigenvalue weighted by Crippen LogP contribution is 2.18. The van der Waals surface area contributed by atoms with Crippen molar-refractivity contribution in [2.45, 2.75) is 52.7 Å². The van der Waals surface area contributed by atoms with Crippen molar-refractivity contribution < 1.29 is 5.11 Å². The summed E-state index contributed by atoms with van der Waals surface area (Å²) >= 11 is 0. The van der Waals surface area contributed by atoms with E-state index in [1.54, 1.807) is 0 Å². The SMILES string of the molecule is CCn1c(CC(O)CCC(C)C)nc2ccccc21. The summed E-state index contributed by atoms with van der Waals surface area (Å²) in [6.45, 7) is 7.40. The third kappa shape index (κ3) is 3.35. The molecule has 1 atom stereocenters. The molecule has 3 heteroatoms. The molecule has 1 heterocycles. The molecule has 0 saturated heterocycles. The van der Waals surface area contributed by atoms with Gasteiger partial charge in [-0.15, -0.1) is 0 Å². The van der Waals surface area contributed by atoms with Crippen LogP contribution in [0.4, 0.5) is 0 Å². The van der Waals surface area contributed by atoms with E-state index in [1.165, 1.54) is 0 Å². The predicted molar refractivity (Wildman–Crippen MR) is 79.2 cm³/mol. The lowest BCUT2D eigenvalue weighted by Gasteiger charge is -2.13. The van der Waals surface area contributed by atoms with Crippen molar-refractivity contribution in [1.29, 1.82) is 0 Å². The van der Waals surface area contributed by atoms with E-state index in [-0.39, 0.29) is 6.10 Å². The number of rotatable bonds is 6. The van der Waals surface area contributed by atoms with E-state index in [1.807, 2.05) is 18.2 Å². The molecule has 0 radical (unpaired) electrons. The van der Waals surface area contributed by atoms with Gasteiger partial charge in [-0.25, -0.2) is 4.98 Å². The Morgan fingerprint density at radius 1 is 1.21 bits per heavy atom. The van der Waals surface area contributed by atoms with Gasteiger partial charge in [-0.3, -0.25) is 0 Å². The second-order valence-corrected chi connectivity index (χ2v) is 5.59. The molecule has 3 nitrogen and oxygen atoms in total. The number of hydrogen-bond donors (Lipinski definition) is 1. The van der Waals surface area contributed by atoms with Crippen molar-refractivity contribution in [1.82, 2.24) is 9.55 Å². The molecule has 19 heavy (non-hydrogen) atoms. The van der Waals surface area contributed by atoms with E-state index in [9.17, 15) is 5.11 Å². The van der Waals surface area contributed by atoms with Crippen molar-refractivity contribution in [3.8, 4) is 0 Å². The highest BCUT2D eigenvalue weighted by molar-refractivity contribution is 5.75. The number of imidazole rings is 1. The molecule has 1 N–H and O–H groups in total. The van der Waals surface area contributed by atoms with Crippen molar-refractivity contribution in [2.75, 3.05) is 0 Å². The molecule has 104 valence electrons. The van der Waals surface area contributed by atoms with Crippen molar-refractivity contribution >= 4 is 11.0 Å². The number of aryl methyl sites for hydroxylation is 1. The summed E-state index contributed by atoms with van der Waals surface area (Å²) in [6.07, 6.45) is 2.28. The highest BCUT2D eigenvalue weighted by atomic mass is 16.3. The zero-order valence-corrected chi connectivity index (χ0v) is 12.1. The minimum absolute atomic E-state index is 0.287. The van der Waals surface area contributed by atoms with Gasteiger partial charge in [0.15, 0.2) is 0 Å². The van der Waals surface area contributed by atoms with Crippen LogP contribution in [0.2, 0.25) is 0 Å². The third-order valence-corrected chi connectivity index (χ3v) is 3.55. The monoisotopic (exact) mass is 260 g/mol. The van der Waals surface area contributed by atoms with Crippen LogP contribution in [0.1, 0.15) is 39.4 Å². The lowest BCUT2D eigenvalue weighted by Crippen LogP contribution is -2.15. The molecule has 0 aliphatic heterocycles. The highest BCUT2D eigenvalue weighted by Gasteiger charge is 2.13. The van der Waals surface area contributed by atoms with Gasteiger partial charge in [-0.05, 0) is 37.8 Å². The Morgan fingerprint density at radius 3 is 2.63 bits per heavy atom. The van der Waals surface area contributed by atoms with Crippen molar-refractivity contribution in [3.05, 3.63) is 30.1 Å². The van der Waals surface area contributed by atoms with Crippen LogP contribution >= 0.6 is 0 Å². The van der Waals surface area contributed by atoms with Gasteiger partial charge in [0.25, 0.3) is 0 Å². The van der Waals surface area contributed by atoms with Gasteiger partial charge >= 0.3 is 0 Å². The van der Waals surface area contributed by atoms with Crippen LogP contribution in [-0.2, 0) is 13.0 Å². The second kappa shape index (κ2) is 6.20. The quantitative estimate of drug-likeness (QED) is 0.864. The van der Waals surface area contributed by atoms with Gasteiger partial charge in [0.05, 0.1) is 17.1 Å². The second-order valence-electron chi connectivity index (χ2n) is 5.59. The minimum atomic E-state index is -0.287. The fourth-order valence-corrected chi connectivity index (χ4v) is 2.47. The summed E-state index contributed by atoms with van der Waals surface area (Å²) in [7, 11) is 0. The molecular formula is C16H24N2O. The maximum absolute atomic E-state index is 10.1. The largest absolute Gasteiger partial charge is 0.393 e. The Morgan fingerprint density at radius 2 is 1.95 bits per heavy atom. The molecule has 0 fully saturated rings. The van der Waals surface area contributed by atoms with Crippen LogP contribution < -0.4 is 0 Å². The molecule has 1 aromatic heterocycles. The molecule has 2 rings (SSSR count). The standard InChI is InChI=1S/C16H24N2O/c1-4-18-15-8-6-5-7-14(15)17-16(18)11-13(19)10-9-12(2)3/h5-8,12-13,19H,4,9-11H2,1-3H3. The maximum atomic E-state index is 10.1. The number of hydrogen-bond acceptors (Lipinski definition) is 2. The summed E-state index contributed by atoms with van der Waals surface area (Å²) in [5.41, 5.74) is 2.19. The lowest BCUT2D eigenvalue weighted by molar-refractivity contribution is 0.153. The third-order valence-electron chi connectivity index (χ3n) is 3.55. The first-order chi connectivity index (χ1) is 9.11. The topological polar surface area (TPSA) is 38.0 Å². The first-order valence-corrected chi connectivity index (χ1v) is 7.24. The molecule has 0 amide bonds. The van der Waals surface area contributed by atoms with Gasteiger partial charge in [-0.2, -0.15) is 0 Å². The number of aromatic nitrogens is 2. The molecule has 1 unspecified atom stereocenters. The number of aliphatic hydroxyl groups is 1. The normalized spacial score (nSPS) is 13.3. The van der Waals surface area contributed by atoms with E-state index in [0.29, 0.717) is 12.3 Å². The Hall–Kier alpha value is -1.35. The summed E-state index contributed by atoms with van der Waals surface area (Å²) in [4.78, 5) is 4.65. The van der Waals surface area contributed by atoms with E-state index in [0.717, 1.165) is 36.2 Å². The van der Waals surface area contributed by atoms with E-state index in [2.05, 4.69) is 36.4 Å². The van der Waals surface area contributed by atoms with Gasteiger partial charge in [0.1, 0.15) is 5.82 Å². The maximum Gasteiger partial charge on any atom is 0.112 e. The van der Waals surface area contributed by atoms with Crippen molar-refractivity contribution in [2.24, 2.45) is 5.92 Å². The van der Waals surface area contributed by atoms with Crippen LogP contribution in [0.25, 0.3) is 11.0 Å².